The lowest BCUT2D eigenvalue weighted by Crippen LogP contribution is -2.47. The zero-order valence-electron chi connectivity index (χ0n) is 15.0. The largest absolute Gasteiger partial charge is 0.347 e. The average Bonchev–Trinajstić information content (AvgIpc) is 3.11. The van der Waals surface area contributed by atoms with Crippen molar-refractivity contribution in [1.82, 2.24) is 10.6 Å². The third-order valence-electron chi connectivity index (χ3n) is 4.79. The van der Waals surface area contributed by atoms with Gasteiger partial charge in [-0.05, 0) is 30.2 Å². The first kappa shape index (κ1) is 21.5. The molecule has 140 valence electrons. The number of halogens is 1. The molecule has 1 saturated carbocycles. The Morgan fingerprint density at radius 3 is 2.32 bits per heavy atom. The molecule has 5 nitrogen and oxygen atoms in total. The summed E-state index contributed by atoms with van der Waals surface area (Å²) in [5.74, 6) is 0.0610. The number of nitrogens with two attached hydrogens (primary N) is 1. The Morgan fingerprint density at radius 1 is 1.16 bits per heavy atom. The molecule has 0 saturated heterocycles. The SMILES string of the molecule is CC(C)[C@H](N)C(=O)NCC(=O)NC(c1ccccc1)C1CCCC1.Cl. The molecule has 0 aliphatic heterocycles. The zero-order chi connectivity index (χ0) is 17.5. The van der Waals surface area contributed by atoms with Crippen LogP contribution in [0.2, 0.25) is 0 Å². The Bertz CT molecular complexity index is 545. The maximum Gasteiger partial charge on any atom is 0.239 e. The monoisotopic (exact) mass is 367 g/mol. The van der Waals surface area contributed by atoms with Crippen molar-refractivity contribution in [3.63, 3.8) is 0 Å². The summed E-state index contributed by atoms with van der Waals surface area (Å²) in [6.45, 7) is 3.74. The first-order valence-electron chi connectivity index (χ1n) is 8.86. The Kier molecular flexibility index (Phi) is 8.93. The summed E-state index contributed by atoms with van der Waals surface area (Å²) in [4.78, 5) is 24.2. The van der Waals surface area contributed by atoms with Gasteiger partial charge in [-0.3, -0.25) is 9.59 Å². The molecule has 1 unspecified atom stereocenters. The van der Waals surface area contributed by atoms with Crippen molar-refractivity contribution in [2.24, 2.45) is 17.6 Å². The van der Waals surface area contributed by atoms with Gasteiger partial charge in [-0.15, -0.1) is 12.4 Å². The summed E-state index contributed by atoms with van der Waals surface area (Å²) in [7, 11) is 0. The van der Waals surface area contributed by atoms with Gasteiger partial charge in [0, 0.05) is 0 Å². The van der Waals surface area contributed by atoms with Gasteiger partial charge in [-0.2, -0.15) is 0 Å². The molecule has 6 heteroatoms. The van der Waals surface area contributed by atoms with E-state index in [0.29, 0.717) is 5.92 Å². The van der Waals surface area contributed by atoms with E-state index in [4.69, 9.17) is 5.73 Å². The molecular weight excluding hydrogens is 338 g/mol. The van der Waals surface area contributed by atoms with Crippen LogP contribution in [0.4, 0.5) is 0 Å². The van der Waals surface area contributed by atoms with Crippen LogP contribution in [0, 0.1) is 11.8 Å². The Morgan fingerprint density at radius 2 is 1.76 bits per heavy atom. The third-order valence-corrected chi connectivity index (χ3v) is 4.79. The van der Waals surface area contributed by atoms with E-state index >= 15 is 0 Å². The fraction of sp³-hybridized carbons (Fsp3) is 0.579. The fourth-order valence-corrected chi connectivity index (χ4v) is 3.24. The smallest absolute Gasteiger partial charge is 0.239 e. The zero-order valence-corrected chi connectivity index (χ0v) is 15.9. The second kappa shape index (κ2) is 10.4. The number of carbonyl (C=O) groups excluding carboxylic acids is 2. The molecule has 2 amide bonds. The number of hydrogen-bond donors (Lipinski definition) is 3. The minimum Gasteiger partial charge on any atom is -0.347 e. The highest BCUT2D eigenvalue weighted by Gasteiger charge is 2.27. The lowest BCUT2D eigenvalue weighted by Gasteiger charge is -2.25. The average molecular weight is 368 g/mol. The van der Waals surface area contributed by atoms with E-state index in [-0.39, 0.29) is 42.7 Å². The van der Waals surface area contributed by atoms with Crippen molar-refractivity contribution in [2.75, 3.05) is 6.54 Å². The Hall–Kier alpha value is -1.59. The molecule has 0 radical (unpaired) electrons. The van der Waals surface area contributed by atoms with Gasteiger partial charge >= 0.3 is 0 Å². The highest BCUT2D eigenvalue weighted by Crippen LogP contribution is 2.35. The first-order chi connectivity index (χ1) is 11.5. The maximum absolute atomic E-state index is 12.3. The van der Waals surface area contributed by atoms with Crippen molar-refractivity contribution < 1.29 is 9.59 Å². The summed E-state index contributed by atoms with van der Waals surface area (Å²) >= 11 is 0. The van der Waals surface area contributed by atoms with Gasteiger partial charge in [0.1, 0.15) is 0 Å². The second-order valence-corrected chi connectivity index (χ2v) is 6.99. The second-order valence-electron chi connectivity index (χ2n) is 6.99. The van der Waals surface area contributed by atoms with E-state index in [2.05, 4.69) is 22.8 Å². The number of carbonyl (C=O) groups is 2. The molecule has 0 spiro atoms. The number of benzene rings is 1. The third kappa shape index (κ3) is 6.33. The molecule has 4 N–H and O–H groups in total. The van der Waals surface area contributed by atoms with Crippen molar-refractivity contribution in [3.05, 3.63) is 35.9 Å². The van der Waals surface area contributed by atoms with Crippen LogP contribution in [0.25, 0.3) is 0 Å². The number of hydrogen-bond acceptors (Lipinski definition) is 3. The molecule has 1 aliphatic rings. The maximum atomic E-state index is 12.3. The number of amides is 2. The van der Waals surface area contributed by atoms with Crippen LogP contribution in [-0.4, -0.2) is 24.4 Å². The predicted octanol–water partition coefficient (Wildman–Crippen LogP) is 2.56. The molecule has 0 bridgehead atoms. The predicted molar refractivity (Wildman–Crippen MR) is 102 cm³/mol. The Labute approximate surface area is 156 Å². The van der Waals surface area contributed by atoms with Crippen molar-refractivity contribution in [1.29, 1.82) is 0 Å². The Balaban J connectivity index is 0.00000312. The van der Waals surface area contributed by atoms with Gasteiger partial charge in [0.05, 0.1) is 18.6 Å². The van der Waals surface area contributed by atoms with Gasteiger partial charge in [-0.1, -0.05) is 57.0 Å². The minimum atomic E-state index is -0.586. The molecule has 1 aliphatic carbocycles. The fourth-order valence-electron chi connectivity index (χ4n) is 3.24. The minimum absolute atomic E-state index is 0. The quantitative estimate of drug-likeness (QED) is 0.692. The van der Waals surface area contributed by atoms with Crippen LogP contribution in [0.5, 0.6) is 0 Å². The number of rotatable bonds is 7. The molecule has 1 aromatic carbocycles. The summed E-state index contributed by atoms with van der Waals surface area (Å²) < 4.78 is 0. The molecule has 0 aromatic heterocycles. The molecule has 2 rings (SSSR count). The first-order valence-corrected chi connectivity index (χ1v) is 8.86. The van der Waals surface area contributed by atoms with Crippen molar-refractivity contribution in [3.8, 4) is 0 Å². The standard InChI is InChI=1S/C19H29N3O2.ClH/c1-13(2)17(20)19(24)21-12-16(23)22-18(15-10-6-7-11-15)14-8-4-3-5-9-14;/h3-5,8-9,13,15,17-18H,6-7,10-12,20H2,1-2H3,(H,21,24)(H,22,23);1H/t17-,18?;/m0./s1. The van der Waals surface area contributed by atoms with Crippen LogP contribution in [-0.2, 0) is 9.59 Å². The topological polar surface area (TPSA) is 84.2 Å². The van der Waals surface area contributed by atoms with Gasteiger partial charge in [0.2, 0.25) is 11.8 Å². The normalized spacial score (nSPS) is 16.8. The van der Waals surface area contributed by atoms with Crippen LogP contribution in [0.1, 0.15) is 51.1 Å². The lowest BCUT2D eigenvalue weighted by atomic mass is 9.91. The molecule has 2 atom stereocenters. The molecule has 1 aromatic rings. The molecule has 25 heavy (non-hydrogen) atoms. The van der Waals surface area contributed by atoms with Crippen molar-refractivity contribution >= 4 is 24.2 Å². The van der Waals surface area contributed by atoms with Gasteiger partial charge in [0.15, 0.2) is 0 Å². The number of nitrogens with one attached hydrogen (secondary N) is 2. The van der Waals surface area contributed by atoms with Crippen LogP contribution in [0.15, 0.2) is 30.3 Å². The van der Waals surface area contributed by atoms with Gasteiger partial charge in [-0.25, -0.2) is 0 Å². The van der Waals surface area contributed by atoms with Crippen LogP contribution in [0.3, 0.4) is 0 Å². The molecule has 1 fully saturated rings. The van der Waals surface area contributed by atoms with E-state index in [0.717, 1.165) is 18.4 Å². The molecule has 0 heterocycles. The van der Waals surface area contributed by atoms with Crippen LogP contribution >= 0.6 is 12.4 Å². The summed E-state index contributed by atoms with van der Waals surface area (Å²) in [5, 5.41) is 5.74. The summed E-state index contributed by atoms with van der Waals surface area (Å²) in [5.41, 5.74) is 6.92. The summed E-state index contributed by atoms with van der Waals surface area (Å²) in [6.07, 6.45) is 4.68. The summed E-state index contributed by atoms with van der Waals surface area (Å²) in [6, 6.07) is 9.49. The van der Waals surface area contributed by atoms with Gasteiger partial charge in [0.25, 0.3) is 0 Å². The van der Waals surface area contributed by atoms with E-state index in [1.54, 1.807) is 0 Å². The highest BCUT2D eigenvalue weighted by atomic mass is 35.5. The lowest BCUT2D eigenvalue weighted by molar-refractivity contribution is -0.127. The van der Waals surface area contributed by atoms with E-state index in [1.807, 2.05) is 32.0 Å². The van der Waals surface area contributed by atoms with E-state index in [1.165, 1.54) is 12.8 Å². The highest BCUT2D eigenvalue weighted by molar-refractivity contribution is 5.87. The van der Waals surface area contributed by atoms with E-state index in [9.17, 15) is 9.59 Å². The van der Waals surface area contributed by atoms with E-state index < -0.39 is 6.04 Å². The van der Waals surface area contributed by atoms with Crippen LogP contribution < -0.4 is 16.4 Å². The van der Waals surface area contributed by atoms with Crippen molar-refractivity contribution in [2.45, 2.75) is 51.6 Å². The molecular formula is C19H30ClN3O2. The van der Waals surface area contributed by atoms with Gasteiger partial charge < -0.3 is 16.4 Å².